The molecule has 2 aliphatic rings. The highest BCUT2D eigenvalue weighted by atomic mass is 16.7. The van der Waals surface area contributed by atoms with Gasteiger partial charge in [0.15, 0.2) is 5.75 Å². The number of amides is 1. The maximum atomic E-state index is 14.6. The number of anilines is 1. The molecule has 4 aromatic rings. The number of ketones is 1. The zero-order valence-corrected chi connectivity index (χ0v) is 33.8. The number of fused-ring (bicyclic) bond motifs is 2. The molecule has 57 heavy (non-hydrogen) atoms. The Bertz CT molecular complexity index is 2380. The largest absolute Gasteiger partial charge is 0.507 e. The minimum absolute atomic E-state index is 0.0185. The summed E-state index contributed by atoms with van der Waals surface area (Å²) in [6, 6.07) is 3.64. The van der Waals surface area contributed by atoms with Crippen LogP contribution in [0.1, 0.15) is 70.0 Å². The number of aliphatic hydroxyl groups is 2. The van der Waals surface area contributed by atoms with Gasteiger partial charge in [0.25, 0.3) is 11.7 Å². The van der Waals surface area contributed by atoms with Crippen molar-refractivity contribution in [3.63, 3.8) is 0 Å². The Hall–Kier alpha value is -5.44. The number of aromatic hydroxyl groups is 2. The van der Waals surface area contributed by atoms with E-state index in [1.807, 2.05) is 19.1 Å². The molecular weight excluding hydrogens is 734 g/mol. The number of Topliss-reactive ketones (excluding diaryl/α,β-unsaturated/α-hetero) is 1. The average molecular weight is 786 g/mol. The second kappa shape index (κ2) is 15.5. The van der Waals surface area contributed by atoms with E-state index in [2.05, 4.69) is 5.32 Å². The monoisotopic (exact) mass is 785 g/mol. The molecule has 2 aromatic heterocycles. The number of nitrogens with one attached hydrogen (secondary N) is 1. The van der Waals surface area contributed by atoms with Gasteiger partial charge in [0.2, 0.25) is 0 Å². The first-order valence-corrected chi connectivity index (χ1v) is 19.0. The van der Waals surface area contributed by atoms with Gasteiger partial charge in [-0.15, -0.1) is 0 Å². The van der Waals surface area contributed by atoms with Crippen LogP contribution in [-0.4, -0.2) is 84.8 Å². The van der Waals surface area contributed by atoms with Crippen LogP contribution in [0, 0.1) is 37.5 Å². The number of phenolic OH excluding ortho intramolecular Hbond substituents is 2. The molecule has 0 spiro atoms. The molecular formula is C43H51N3O11. The van der Waals surface area contributed by atoms with Gasteiger partial charge in [-0.25, -0.2) is 4.98 Å². The number of hydrogen-bond donors (Lipinski definition) is 5. The van der Waals surface area contributed by atoms with E-state index in [1.54, 1.807) is 63.4 Å². The first-order valence-electron chi connectivity index (χ1n) is 19.0. The van der Waals surface area contributed by atoms with E-state index in [0.29, 0.717) is 5.65 Å². The Kier molecular flexibility index (Phi) is 11.2. The van der Waals surface area contributed by atoms with Crippen LogP contribution >= 0.6 is 0 Å². The SMILES string of the molecule is CO[C@H]1/C=C/OC2(C)Oc3c(C)c(O)c4c(O)c(c5c(nc6cc(C)ccn65)c4c3C2=O)NC(=O)/C(C)=C\C=C\[C@H](C)[C@H](O)[C@@H](C)[C@@H](O)[C@@H](C)[C@H](OC(C)=O)[C@@H]1C. The van der Waals surface area contributed by atoms with Gasteiger partial charge in [-0.1, -0.05) is 45.9 Å². The highest BCUT2D eigenvalue weighted by Gasteiger charge is 2.50. The van der Waals surface area contributed by atoms with E-state index >= 15 is 0 Å². The predicted molar refractivity (Wildman–Crippen MR) is 213 cm³/mol. The van der Waals surface area contributed by atoms with Crippen molar-refractivity contribution in [2.24, 2.45) is 23.7 Å². The number of carbonyl (C=O) groups excluding carboxylic acids is 3. The highest BCUT2D eigenvalue weighted by molar-refractivity contribution is 6.28. The van der Waals surface area contributed by atoms with Crippen LogP contribution in [0.5, 0.6) is 17.2 Å². The van der Waals surface area contributed by atoms with Crippen LogP contribution < -0.4 is 10.1 Å². The number of nitrogens with zero attached hydrogens (tertiary/aromatic N) is 2. The molecule has 1 unspecified atom stereocenters. The fraction of sp³-hybridized carbons (Fsp3) is 0.442. The number of phenols is 2. The molecule has 0 aliphatic carbocycles. The maximum absolute atomic E-state index is 14.6. The molecule has 6 rings (SSSR count). The molecule has 1 amide bonds. The average Bonchev–Trinajstić information content (AvgIpc) is 3.67. The summed E-state index contributed by atoms with van der Waals surface area (Å²) < 4.78 is 25.5. The molecule has 0 radical (unpaired) electrons. The number of imidazole rings is 1. The van der Waals surface area contributed by atoms with Crippen molar-refractivity contribution in [2.75, 3.05) is 12.4 Å². The quantitative estimate of drug-likeness (QED) is 0.115. The van der Waals surface area contributed by atoms with Crippen molar-refractivity contribution in [1.29, 1.82) is 0 Å². The van der Waals surface area contributed by atoms with Gasteiger partial charge in [-0.05, 0) is 44.5 Å². The Morgan fingerprint density at radius 3 is 2.35 bits per heavy atom. The molecule has 9 atom stereocenters. The number of aryl methyl sites for hydroxylation is 1. The van der Waals surface area contributed by atoms with Crippen molar-refractivity contribution in [1.82, 2.24) is 9.38 Å². The molecule has 5 N–H and O–H groups in total. The number of allylic oxidation sites excluding steroid dienone is 2. The van der Waals surface area contributed by atoms with Crippen LogP contribution in [0.25, 0.3) is 27.5 Å². The number of ether oxygens (including phenoxy) is 4. The number of esters is 1. The molecule has 4 bridgehead atoms. The van der Waals surface area contributed by atoms with Gasteiger partial charge in [0.1, 0.15) is 40.0 Å². The number of methoxy groups -OCH3 is 1. The zero-order chi connectivity index (χ0) is 41.8. The number of carbonyl (C=O) groups is 3. The topological polar surface area (TPSA) is 198 Å². The first-order chi connectivity index (χ1) is 26.8. The van der Waals surface area contributed by atoms with Gasteiger partial charge in [0.05, 0.1) is 35.5 Å². The van der Waals surface area contributed by atoms with Crippen molar-refractivity contribution in [3.8, 4) is 17.2 Å². The van der Waals surface area contributed by atoms with E-state index in [0.717, 1.165) is 5.56 Å². The van der Waals surface area contributed by atoms with Crippen molar-refractivity contribution < 1.29 is 53.8 Å². The fourth-order valence-electron chi connectivity index (χ4n) is 8.03. The second-order valence-corrected chi connectivity index (χ2v) is 15.6. The lowest BCUT2D eigenvalue weighted by molar-refractivity contribution is -0.160. The molecule has 14 heteroatoms. The summed E-state index contributed by atoms with van der Waals surface area (Å²) in [6.07, 6.45) is 5.62. The number of hydrogen-bond acceptors (Lipinski definition) is 12. The third-order valence-electron chi connectivity index (χ3n) is 11.5. The Morgan fingerprint density at radius 2 is 1.68 bits per heavy atom. The van der Waals surface area contributed by atoms with E-state index < -0.39 is 77.3 Å². The van der Waals surface area contributed by atoms with Crippen LogP contribution in [-0.2, 0) is 23.8 Å². The second-order valence-electron chi connectivity index (χ2n) is 15.6. The van der Waals surface area contributed by atoms with Crippen molar-refractivity contribution >= 4 is 50.8 Å². The van der Waals surface area contributed by atoms with Gasteiger partial charge in [0, 0.05) is 67.3 Å². The lowest BCUT2D eigenvalue weighted by atomic mass is 9.78. The van der Waals surface area contributed by atoms with Crippen molar-refractivity contribution in [2.45, 2.75) is 92.5 Å². The predicted octanol–water partition coefficient (Wildman–Crippen LogP) is 6.16. The van der Waals surface area contributed by atoms with Gasteiger partial charge < -0.3 is 44.7 Å². The summed E-state index contributed by atoms with van der Waals surface area (Å²) in [5.41, 5.74) is 2.18. The number of aromatic nitrogens is 2. The number of pyridine rings is 1. The van der Waals surface area contributed by atoms with Crippen molar-refractivity contribution in [3.05, 3.63) is 71.2 Å². The standard InChI is InChI=1S/C43H51N3O11/c1-19-14-16-46-28(18-19)44-32-29-30-37(50)25(7)40-31(29)41(52)43(9,57-40)55-17-15-27(54-10)22(4)39(56-26(8)47)24(6)36(49)23(5)35(48)20(2)12-11-13-21(3)42(53)45-33(34(32)46)38(30)51/h11-18,20,22-24,27,35-36,39,48-51H,1-10H3,(H,45,53)/b12-11+,17-15+,21-13-/t20-,22+,23+,24+,27-,35-,36+,39+,43?/m0/s1. The van der Waals surface area contributed by atoms with Crippen LogP contribution in [0.4, 0.5) is 5.69 Å². The molecule has 2 aliphatic heterocycles. The molecule has 0 saturated carbocycles. The molecule has 14 nitrogen and oxygen atoms in total. The summed E-state index contributed by atoms with van der Waals surface area (Å²) in [4.78, 5) is 45.6. The van der Waals surface area contributed by atoms with E-state index in [9.17, 15) is 34.8 Å². The summed E-state index contributed by atoms with van der Waals surface area (Å²) in [7, 11) is 1.46. The summed E-state index contributed by atoms with van der Waals surface area (Å²) in [6.45, 7) is 14.7. The van der Waals surface area contributed by atoms with Gasteiger partial charge in [-0.3, -0.25) is 18.8 Å². The van der Waals surface area contributed by atoms with E-state index in [-0.39, 0.29) is 55.7 Å². The highest BCUT2D eigenvalue weighted by Crippen LogP contribution is 2.54. The minimum Gasteiger partial charge on any atom is -0.507 e. The molecule has 0 fully saturated rings. The zero-order valence-electron chi connectivity index (χ0n) is 33.8. The van der Waals surface area contributed by atoms with Gasteiger partial charge >= 0.3 is 11.8 Å². The summed E-state index contributed by atoms with van der Waals surface area (Å²) >= 11 is 0. The smallest absolute Gasteiger partial charge is 0.312 e. The first kappa shape index (κ1) is 41.2. The lowest BCUT2D eigenvalue weighted by Gasteiger charge is -2.38. The molecule has 304 valence electrons. The third-order valence-corrected chi connectivity index (χ3v) is 11.5. The molecule has 4 heterocycles. The maximum Gasteiger partial charge on any atom is 0.312 e. The fourth-order valence-corrected chi connectivity index (χ4v) is 8.03. The normalized spacial score (nSPS) is 30.8. The Balaban J connectivity index is 1.58. The van der Waals surface area contributed by atoms with Crippen LogP contribution in [0.15, 0.2) is 54.5 Å². The number of rotatable bonds is 2. The Labute approximate surface area is 330 Å². The van der Waals surface area contributed by atoms with E-state index in [4.69, 9.17) is 23.9 Å². The molecule has 0 saturated heterocycles. The van der Waals surface area contributed by atoms with Crippen LogP contribution in [0.3, 0.4) is 0 Å². The number of aliphatic hydroxyl groups excluding tert-OH is 2. The minimum atomic E-state index is -1.96. The van der Waals surface area contributed by atoms with E-state index in [1.165, 1.54) is 40.2 Å². The third kappa shape index (κ3) is 7.10. The summed E-state index contributed by atoms with van der Waals surface area (Å²) in [5.74, 6) is -6.96. The molecule has 2 aromatic carbocycles. The number of benzene rings is 2. The van der Waals surface area contributed by atoms with Crippen LogP contribution in [0.2, 0.25) is 0 Å². The summed E-state index contributed by atoms with van der Waals surface area (Å²) in [5, 5.41) is 49.4. The van der Waals surface area contributed by atoms with Gasteiger partial charge in [-0.2, -0.15) is 0 Å². The Morgan fingerprint density at radius 1 is 0.982 bits per heavy atom. The lowest BCUT2D eigenvalue weighted by Crippen LogP contribution is -2.46.